The van der Waals surface area contributed by atoms with Crippen molar-refractivity contribution < 1.29 is 12.9 Å². The van der Waals surface area contributed by atoms with E-state index < -0.39 is 11.4 Å². The highest BCUT2D eigenvalue weighted by atomic mass is 32.2. The Kier molecular flexibility index (Phi) is 3.10. The predicted molar refractivity (Wildman–Crippen MR) is 49.9 cm³/mol. The number of nitrogens with one attached hydrogen (secondary N) is 1. The third-order valence-electron chi connectivity index (χ3n) is 1.46. The number of rotatable bonds is 3. The molecule has 1 rings (SSSR count). The SMILES string of the molecule is CNc1ccc(N)c(OS(=O)[O-])c1. The molecule has 1 aromatic rings. The highest BCUT2D eigenvalue weighted by Crippen LogP contribution is 2.25. The maximum absolute atomic E-state index is 10.2. The minimum atomic E-state index is -2.59. The quantitative estimate of drug-likeness (QED) is 0.548. The molecule has 13 heavy (non-hydrogen) atoms. The van der Waals surface area contributed by atoms with E-state index in [2.05, 4.69) is 9.50 Å². The highest BCUT2D eigenvalue weighted by Gasteiger charge is 2.01. The summed E-state index contributed by atoms with van der Waals surface area (Å²) in [6.07, 6.45) is 0. The molecule has 0 aromatic heterocycles. The summed E-state index contributed by atoms with van der Waals surface area (Å²) in [6, 6.07) is 4.79. The average Bonchev–Trinajstić information content (AvgIpc) is 2.08. The van der Waals surface area contributed by atoms with Crippen LogP contribution in [0, 0.1) is 0 Å². The summed E-state index contributed by atoms with van der Waals surface area (Å²) >= 11 is -2.59. The summed E-state index contributed by atoms with van der Waals surface area (Å²) in [4.78, 5) is 0. The van der Waals surface area contributed by atoms with Crippen LogP contribution in [0.15, 0.2) is 18.2 Å². The molecule has 0 saturated carbocycles. The van der Waals surface area contributed by atoms with Crippen molar-refractivity contribution in [2.45, 2.75) is 0 Å². The Morgan fingerprint density at radius 1 is 1.62 bits per heavy atom. The van der Waals surface area contributed by atoms with Crippen LogP contribution in [0.2, 0.25) is 0 Å². The first-order valence-corrected chi connectivity index (χ1v) is 4.48. The van der Waals surface area contributed by atoms with Crippen LogP contribution in [0.1, 0.15) is 0 Å². The van der Waals surface area contributed by atoms with Crippen LogP contribution < -0.4 is 15.2 Å². The van der Waals surface area contributed by atoms with Gasteiger partial charge in [0.2, 0.25) is 0 Å². The first-order valence-electron chi connectivity index (χ1n) is 3.48. The molecule has 0 aliphatic heterocycles. The molecule has 1 atom stereocenters. The molecule has 0 bridgehead atoms. The summed E-state index contributed by atoms with van der Waals surface area (Å²) in [5.74, 6) is 0.125. The summed E-state index contributed by atoms with van der Waals surface area (Å²) in [5, 5.41) is 2.83. The summed E-state index contributed by atoms with van der Waals surface area (Å²) in [5.41, 5.74) is 6.48. The maximum Gasteiger partial charge on any atom is 0.164 e. The molecular weight excluding hydrogens is 192 g/mol. The fourth-order valence-electron chi connectivity index (χ4n) is 0.835. The molecule has 0 saturated heterocycles. The van der Waals surface area contributed by atoms with Gasteiger partial charge >= 0.3 is 0 Å². The van der Waals surface area contributed by atoms with Crippen molar-refractivity contribution in [3.8, 4) is 5.75 Å². The number of anilines is 2. The minimum Gasteiger partial charge on any atom is -0.740 e. The van der Waals surface area contributed by atoms with Crippen molar-refractivity contribution in [1.29, 1.82) is 0 Å². The lowest BCUT2D eigenvalue weighted by atomic mass is 10.2. The second-order valence-electron chi connectivity index (χ2n) is 2.29. The number of benzene rings is 1. The first-order chi connectivity index (χ1) is 6.13. The van der Waals surface area contributed by atoms with Crippen LogP contribution in [0.4, 0.5) is 11.4 Å². The molecule has 0 aliphatic carbocycles. The van der Waals surface area contributed by atoms with Gasteiger partial charge in [0.1, 0.15) is 11.4 Å². The van der Waals surface area contributed by atoms with Gasteiger partial charge < -0.3 is 19.8 Å². The molecule has 0 spiro atoms. The van der Waals surface area contributed by atoms with Crippen LogP contribution in [-0.2, 0) is 11.4 Å². The lowest BCUT2D eigenvalue weighted by Gasteiger charge is -2.10. The zero-order chi connectivity index (χ0) is 9.84. The van der Waals surface area contributed by atoms with Crippen molar-refractivity contribution in [2.75, 3.05) is 18.1 Å². The van der Waals surface area contributed by atoms with Gasteiger partial charge in [-0.15, -0.1) is 0 Å². The van der Waals surface area contributed by atoms with Gasteiger partial charge in [-0.1, -0.05) is 0 Å². The molecule has 1 unspecified atom stereocenters. The topological polar surface area (TPSA) is 87.4 Å². The van der Waals surface area contributed by atoms with E-state index in [4.69, 9.17) is 5.73 Å². The van der Waals surface area contributed by atoms with Gasteiger partial charge in [-0.2, -0.15) is 0 Å². The van der Waals surface area contributed by atoms with E-state index in [1.165, 1.54) is 6.07 Å². The number of hydrogen-bond acceptors (Lipinski definition) is 5. The monoisotopic (exact) mass is 201 g/mol. The highest BCUT2D eigenvalue weighted by molar-refractivity contribution is 7.74. The van der Waals surface area contributed by atoms with Gasteiger partial charge in [0.25, 0.3) is 0 Å². The van der Waals surface area contributed by atoms with Crippen LogP contribution >= 0.6 is 0 Å². The Morgan fingerprint density at radius 2 is 2.31 bits per heavy atom. The van der Waals surface area contributed by atoms with E-state index in [9.17, 15) is 8.76 Å². The largest absolute Gasteiger partial charge is 0.740 e. The minimum absolute atomic E-state index is 0.125. The number of nitrogen functional groups attached to an aromatic ring is 1. The lowest BCUT2D eigenvalue weighted by Crippen LogP contribution is -2.01. The molecule has 0 aliphatic rings. The smallest absolute Gasteiger partial charge is 0.164 e. The van der Waals surface area contributed by atoms with E-state index in [1.807, 2.05) is 0 Å². The molecule has 0 amide bonds. The fraction of sp³-hybridized carbons (Fsp3) is 0.143. The normalized spacial score (nSPS) is 12.2. The van der Waals surface area contributed by atoms with Gasteiger partial charge in [0.15, 0.2) is 5.75 Å². The van der Waals surface area contributed by atoms with Crippen molar-refractivity contribution in [3.63, 3.8) is 0 Å². The van der Waals surface area contributed by atoms with Gasteiger partial charge in [0.05, 0.1) is 5.69 Å². The van der Waals surface area contributed by atoms with Crippen LogP contribution in [-0.4, -0.2) is 15.8 Å². The molecule has 6 heteroatoms. The summed E-state index contributed by atoms with van der Waals surface area (Å²) < 4.78 is 24.9. The molecule has 0 radical (unpaired) electrons. The van der Waals surface area contributed by atoms with E-state index >= 15 is 0 Å². The Morgan fingerprint density at radius 3 is 2.85 bits per heavy atom. The van der Waals surface area contributed by atoms with E-state index in [-0.39, 0.29) is 11.4 Å². The van der Waals surface area contributed by atoms with Gasteiger partial charge in [0, 0.05) is 18.8 Å². The molecule has 72 valence electrons. The second kappa shape index (κ2) is 4.11. The molecular formula is C7H9N2O3S-. The molecule has 5 nitrogen and oxygen atoms in total. The zero-order valence-electron chi connectivity index (χ0n) is 6.94. The Bertz CT molecular complexity index is 330. The summed E-state index contributed by atoms with van der Waals surface area (Å²) in [7, 11) is 1.71. The number of nitrogens with two attached hydrogens (primary N) is 1. The fourth-order valence-corrected chi connectivity index (χ4v) is 1.13. The van der Waals surface area contributed by atoms with Crippen molar-refractivity contribution in [2.24, 2.45) is 0 Å². The van der Waals surface area contributed by atoms with E-state index in [0.29, 0.717) is 0 Å². The molecule has 1 aromatic carbocycles. The Hall–Kier alpha value is -1.27. The molecule has 3 N–H and O–H groups in total. The van der Waals surface area contributed by atoms with Crippen LogP contribution in [0.25, 0.3) is 0 Å². The van der Waals surface area contributed by atoms with Gasteiger partial charge in [-0.3, -0.25) is 0 Å². The van der Waals surface area contributed by atoms with E-state index in [1.54, 1.807) is 19.2 Å². The van der Waals surface area contributed by atoms with Gasteiger partial charge in [-0.05, 0) is 12.1 Å². The third-order valence-corrected chi connectivity index (χ3v) is 1.78. The van der Waals surface area contributed by atoms with E-state index in [0.717, 1.165) is 5.69 Å². The summed E-state index contributed by atoms with van der Waals surface area (Å²) in [6.45, 7) is 0. The number of hydrogen-bond donors (Lipinski definition) is 2. The van der Waals surface area contributed by atoms with Crippen molar-refractivity contribution in [3.05, 3.63) is 18.2 Å². The Labute approximate surface area is 78.4 Å². The predicted octanol–water partition coefficient (Wildman–Crippen LogP) is 0.483. The standard InChI is InChI=1S/C7H10N2O3S/c1-9-5-2-3-6(8)7(4-5)12-13(10)11/h2-4,9H,8H2,1H3,(H,10,11)/p-1. The van der Waals surface area contributed by atoms with Crippen LogP contribution in [0.5, 0.6) is 5.75 Å². The zero-order valence-corrected chi connectivity index (χ0v) is 7.76. The van der Waals surface area contributed by atoms with Crippen molar-refractivity contribution in [1.82, 2.24) is 0 Å². The Balaban J connectivity index is 2.96. The molecule has 0 fully saturated rings. The molecule has 0 heterocycles. The third kappa shape index (κ3) is 2.60. The maximum atomic E-state index is 10.2. The average molecular weight is 201 g/mol. The second-order valence-corrected chi connectivity index (χ2v) is 2.86. The van der Waals surface area contributed by atoms with Crippen LogP contribution in [0.3, 0.4) is 0 Å². The first kappa shape index (κ1) is 9.82. The van der Waals surface area contributed by atoms with Gasteiger partial charge in [-0.25, -0.2) is 4.21 Å². The van der Waals surface area contributed by atoms with Crippen molar-refractivity contribution >= 4 is 22.7 Å². The lowest BCUT2D eigenvalue weighted by molar-refractivity contribution is 0.441.